The quantitative estimate of drug-likeness (QED) is 0.610. The standard InChI is InChI=1S/C19H16N4O4/c20-12-14-3-5-15(6-4-14)27-13-18(24)21-9-11-26-19-8-7-16(22-23-19)17-2-1-10-25-17/h1-8,10H,9,11,13H2,(H,21,24). The molecule has 0 unspecified atom stereocenters. The summed E-state index contributed by atoms with van der Waals surface area (Å²) in [5, 5.41) is 19.4. The van der Waals surface area contributed by atoms with Crippen LogP contribution in [0.3, 0.4) is 0 Å². The van der Waals surface area contributed by atoms with Crippen LogP contribution in [0.5, 0.6) is 11.6 Å². The molecule has 0 saturated carbocycles. The van der Waals surface area contributed by atoms with Crippen molar-refractivity contribution in [3.8, 4) is 29.2 Å². The van der Waals surface area contributed by atoms with Gasteiger partial charge in [-0.3, -0.25) is 4.79 Å². The van der Waals surface area contributed by atoms with Crippen molar-refractivity contribution in [3.05, 3.63) is 60.4 Å². The molecule has 0 radical (unpaired) electrons. The maximum atomic E-state index is 11.7. The van der Waals surface area contributed by atoms with Gasteiger partial charge in [-0.15, -0.1) is 10.2 Å². The summed E-state index contributed by atoms with van der Waals surface area (Å²) in [5.74, 6) is 1.23. The second-order valence-corrected chi connectivity index (χ2v) is 5.36. The third-order valence-electron chi connectivity index (χ3n) is 3.44. The van der Waals surface area contributed by atoms with Crippen LogP contribution in [0, 0.1) is 11.3 Å². The van der Waals surface area contributed by atoms with Gasteiger partial charge in [0.1, 0.15) is 18.1 Å². The van der Waals surface area contributed by atoms with Gasteiger partial charge in [0.2, 0.25) is 5.88 Å². The fraction of sp³-hybridized carbons (Fsp3) is 0.158. The van der Waals surface area contributed by atoms with Crippen LogP contribution in [0.15, 0.2) is 59.2 Å². The number of nitriles is 1. The maximum Gasteiger partial charge on any atom is 0.258 e. The lowest BCUT2D eigenvalue weighted by atomic mass is 10.2. The van der Waals surface area contributed by atoms with Gasteiger partial charge < -0.3 is 19.2 Å². The van der Waals surface area contributed by atoms with Gasteiger partial charge in [-0.2, -0.15) is 5.26 Å². The van der Waals surface area contributed by atoms with Crippen molar-refractivity contribution in [3.63, 3.8) is 0 Å². The Morgan fingerprint density at radius 3 is 2.63 bits per heavy atom. The molecule has 0 aliphatic carbocycles. The molecule has 0 aliphatic rings. The van der Waals surface area contributed by atoms with E-state index < -0.39 is 0 Å². The minimum atomic E-state index is -0.276. The van der Waals surface area contributed by atoms with E-state index in [2.05, 4.69) is 15.5 Å². The lowest BCUT2D eigenvalue weighted by molar-refractivity contribution is -0.123. The maximum absolute atomic E-state index is 11.7. The number of ether oxygens (including phenoxy) is 2. The van der Waals surface area contributed by atoms with Gasteiger partial charge in [-0.25, -0.2) is 0 Å². The molecule has 3 aromatic rings. The van der Waals surface area contributed by atoms with Crippen molar-refractivity contribution >= 4 is 5.91 Å². The Morgan fingerprint density at radius 2 is 1.96 bits per heavy atom. The Labute approximate surface area is 155 Å². The summed E-state index contributed by atoms with van der Waals surface area (Å²) in [4.78, 5) is 11.7. The second kappa shape index (κ2) is 9.01. The van der Waals surface area contributed by atoms with Gasteiger partial charge in [-0.1, -0.05) is 0 Å². The summed E-state index contributed by atoms with van der Waals surface area (Å²) in [6, 6.07) is 15.5. The molecule has 1 amide bonds. The molecule has 136 valence electrons. The van der Waals surface area contributed by atoms with Crippen LogP contribution in [0.25, 0.3) is 11.5 Å². The van der Waals surface area contributed by atoms with Gasteiger partial charge in [0.05, 0.1) is 24.4 Å². The lowest BCUT2D eigenvalue weighted by Gasteiger charge is -2.08. The van der Waals surface area contributed by atoms with Gasteiger partial charge in [0, 0.05) is 6.07 Å². The topological polar surface area (TPSA) is 110 Å². The molecule has 1 aromatic carbocycles. The van der Waals surface area contributed by atoms with Crippen molar-refractivity contribution in [1.29, 1.82) is 5.26 Å². The van der Waals surface area contributed by atoms with Crippen LogP contribution in [0.1, 0.15) is 5.56 Å². The van der Waals surface area contributed by atoms with E-state index >= 15 is 0 Å². The fourth-order valence-corrected chi connectivity index (χ4v) is 2.12. The van der Waals surface area contributed by atoms with E-state index in [0.717, 1.165) is 0 Å². The molecule has 3 rings (SSSR count). The molecule has 0 bridgehead atoms. The molecule has 8 nitrogen and oxygen atoms in total. The first-order chi connectivity index (χ1) is 13.2. The Kier molecular flexibility index (Phi) is 5.99. The number of furan rings is 1. The minimum absolute atomic E-state index is 0.121. The number of aromatic nitrogens is 2. The zero-order valence-corrected chi connectivity index (χ0v) is 14.3. The lowest BCUT2D eigenvalue weighted by Crippen LogP contribution is -2.32. The Bertz CT molecular complexity index is 900. The summed E-state index contributed by atoms with van der Waals surface area (Å²) < 4.78 is 16.0. The van der Waals surface area contributed by atoms with Crippen molar-refractivity contribution in [2.24, 2.45) is 0 Å². The average Bonchev–Trinajstić information content (AvgIpc) is 3.25. The van der Waals surface area contributed by atoms with E-state index in [1.165, 1.54) is 0 Å². The molecule has 0 fully saturated rings. The molecule has 2 aromatic heterocycles. The van der Waals surface area contributed by atoms with Crippen molar-refractivity contribution in [2.45, 2.75) is 0 Å². The highest BCUT2D eigenvalue weighted by Gasteiger charge is 2.05. The highest BCUT2D eigenvalue weighted by Crippen LogP contribution is 2.17. The summed E-state index contributed by atoms with van der Waals surface area (Å²) in [6.45, 7) is 0.429. The number of carbonyl (C=O) groups excluding carboxylic acids is 1. The van der Waals surface area contributed by atoms with E-state index in [1.807, 2.05) is 6.07 Å². The van der Waals surface area contributed by atoms with E-state index in [9.17, 15) is 4.79 Å². The zero-order chi connectivity index (χ0) is 18.9. The molecule has 0 atom stereocenters. The first kappa shape index (κ1) is 17.9. The molecular formula is C19H16N4O4. The van der Waals surface area contributed by atoms with Crippen LogP contribution < -0.4 is 14.8 Å². The van der Waals surface area contributed by atoms with Crippen LogP contribution in [-0.4, -0.2) is 35.9 Å². The smallest absolute Gasteiger partial charge is 0.258 e. The van der Waals surface area contributed by atoms with Crippen LogP contribution >= 0.6 is 0 Å². The van der Waals surface area contributed by atoms with Crippen molar-refractivity contribution < 1.29 is 18.7 Å². The number of hydrogen-bond acceptors (Lipinski definition) is 7. The molecule has 0 aliphatic heterocycles. The van der Waals surface area contributed by atoms with Crippen LogP contribution in [0.4, 0.5) is 0 Å². The predicted molar refractivity (Wildman–Crippen MR) is 94.9 cm³/mol. The number of nitrogens with zero attached hydrogens (tertiary/aromatic N) is 3. The predicted octanol–water partition coefficient (Wildman–Crippen LogP) is 2.18. The summed E-state index contributed by atoms with van der Waals surface area (Å²) >= 11 is 0. The Hall–Kier alpha value is -3.86. The third-order valence-corrected chi connectivity index (χ3v) is 3.44. The number of carbonyl (C=O) groups is 1. The number of hydrogen-bond donors (Lipinski definition) is 1. The van der Waals surface area contributed by atoms with Gasteiger partial charge in [0.15, 0.2) is 12.4 Å². The molecule has 0 spiro atoms. The highest BCUT2D eigenvalue weighted by molar-refractivity contribution is 5.77. The van der Waals surface area contributed by atoms with Crippen LogP contribution in [-0.2, 0) is 4.79 Å². The number of benzene rings is 1. The fourth-order valence-electron chi connectivity index (χ4n) is 2.12. The SMILES string of the molecule is N#Cc1ccc(OCC(=O)NCCOc2ccc(-c3ccco3)nn2)cc1. The first-order valence-corrected chi connectivity index (χ1v) is 8.14. The minimum Gasteiger partial charge on any atom is -0.484 e. The molecular weight excluding hydrogens is 348 g/mol. The zero-order valence-electron chi connectivity index (χ0n) is 14.3. The Balaban J connectivity index is 1.34. The summed E-state index contributed by atoms with van der Waals surface area (Å²) in [7, 11) is 0. The molecule has 0 saturated heterocycles. The molecule has 2 heterocycles. The van der Waals surface area contributed by atoms with E-state index in [1.54, 1.807) is 54.8 Å². The second-order valence-electron chi connectivity index (χ2n) is 5.36. The van der Waals surface area contributed by atoms with E-state index in [4.69, 9.17) is 19.2 Å². The monoisotopic (exact) mass is 364 g/mol. The number of nitrogens with one attached hydrogen (secondary N) is 1. The third kappa shape index (κ3) is 5.31. The van der Waals surface area contributed by atoms with Crippen LogP contribution in [0.2, 0.25) is 0 Å². The van der Waals surface area contributed by atoms with E-state index in [-0.39, 0.29) is 19.1 Å². The molecule has 27 heavy (non-hydrogen) atoms. The normalized spacial score (nSPS) is 10.0. The van der Waals surface area contributed by atoms with E-state index in [0.29, 0.717) is 35.2 Å². The first-order valence-electron chi connectivity index (χ1n) is 8.14. The molecule has 8 heteroatoms. The van der Waals surface area contributed by atoms with Gasteiger partial charge in [0.25, 0.3) is 5.91 Å². The van der Waals surface area contributed by atoms with Gasteiger partial charge >= 0.3 is 0 Å². The van der Waals surface area contributed by atoms with Gasteiger partial charge in [-0.05, 0) is 42.5 Å². The largest absolute Gasteiger partial charge is 0.484 e. The average molecular weight is 364 g/mol. The van der Waals surface area contributed by atoms with Crippen molar-refractivity contribution in [2.75, 3.05) is 19.8 Å². The summed E-state index contributed by atoms with van der Waals surface area (Å²) in [6.07, 6.45) is 1.56. The highest BCUT2D eigenvalue weighted by atomic mass is 16.5. The molecule has 1 N–H and O–H groups in total. The number of rotatable bonds is 8. The number of amides is 1. The van der Waals surface area contributed by atoms with Crippen molar-refractivity contribution in [1.82, 2.24) is 15.5 Å². The summed E-state index contributed by atoms with van der Waals surface area (Å²) in [5.41, 5.74) is 1.14. The Morgan fingerprint density at radius 1 is 1.11 bits per heavy atom.